The molecule has 3 aromatic rings. The molecule has 1 saturated heterocycles. The van der Waals surface area contributed by atoms with E-state index in [2.05, 4.69) is 39.5 Å². The first-order chi connectivity index (χ1) is 14.6. The van der Waals surface area contributed by atoms with Crippen molar-refractivity contribution in [2.24, 2.45) is 5.92 Å². The van der Waals surface area contributed by atoms with Crippen LogP contribution >= 0.6 is 0 Å². The number of anilines is 1. The Bertz CT molecular complexity index is 969. The van der Waals surface area contributed by atoms with Crippen LogP contribution in [0.15, 0.2) is 35.0 Å². The zero-order chi connectivity index (χ0) is 20.9. The van der Waals surface area contributed by atoms with E-state index in [1.807, 2.05) is 30.0 Å². The largest absolute Gasteiger partial charge is 0.361 e. The van der Waals surface area contributed by atoms with Crippen LogP contribution in [0.1, 0.15) is 43.5 Å². The van der Waals surface area contributed by atoms with Crippen LogP contribution in [0.5, 0.6) is 0 Å². The van der Waals surface area contributed by atoms with Gasteiger partial charge in [-0.1, -0.05) is 23.4 Å². The van der Waals surface area contributed by atoms with E-state index in [0.29, 0.717) is 24.3 Å². The van der Waals surface area contributed by atoms with Crippen LogP contribution in [0.2, 0.25) is 0 Å². The molecule has 0 aliphatic carbocycles. The normalized spacial score (nSPS) is 15.1. The molecule has 0 unspecified atom stereocenters. The number of carbonyl (C=O) groups excluding carboxylic acids is 1. The average Bonchev–Trinajstić information content (AvgIpc) is 3.40. The predicted molar refractivity (Wildman–Crippen MR) is 117 cm³/mol. The number of piperidine rings is 1. The maximum Gasteiger partial charge on any atom is 0.323 e. The summed E-state index contributed by atoms with van der Waals surface area (Å²) >= 11 is 0. The summed E-state index contributed by atoms with van der Waals surface area (Å²) in [5, 5.41) is 5.31. The number of carbonyl (C=O) groups is 1. The van der Waals surface area contributed by atoms with Gasteiger partial charge in [-0.05, 0) is 49.7 Å². The van der Waals surface area contributed by atoms with Gasteiger partial charge in [-0.2, -0.15) is 4.98 Å². The van der Waals surface area contributed by atoms with Crippen LogP contribution < -0.4 is 4.90 Å². The molecule has 1 N–H and O–H groups in total. The van der Waals surface area contributed by atoms with E-state index >= 15 is 0 Å². The molecule has 30 heavy (non-hydrogen) atoms. The maximum atomic E-state index is 12.6. The molecular formula is C23H31N5O2. The number of nitrogens with one attached hydrogen (secondary N) is 1. The second kappa shape index (κ2) is 9.32. The van der Waals surface area contributed by atoms with Crippen molar-refractivity contribution in [2.45, 2.75) is 44.9 Å². The molecule has 1 aromatic carbocycles. The minimum absolute atomic E-state index is 0.294. The maximum absolute atomic E-state index is 12.6. The number of para-hydroxylation sites is 1. The Kier molecular flexibility index (Phi) is 6.35. The molecule has 3 heterocycles. The molecule has 0 spiro atoms. The van der Waals surface area contributed by atoms with Crippen LogP contribution in [-0.4, -0.2) is 53.1 Å². The van der Waals surface area contributed by atoms with E-state index in [-0.39, 0.29) is 0 Å². The van der Waals surface area contributed by atoms with Crippen molar-refractivity contribution >= 4 is 22.8 Å². The Hall–Kier alpha value is -2.83. The van der Waals surface area contributed by atoms with Crippen LogP contribution in [0.4, 0.5) is 6.01 Å². The predicted octanol–water partition coefficient (Wildman–Crippen LogP) is 3.81. The molecule has 0 atom stereocenters. The Labute approximate surface area is 177 Å². The Morgan fingerprint density at radius 2 is 2.03 bits per heavy atom. The number of aromatic amines is 1. The fourth-order valence-electron chi connectivity index (χ4n) is 4.26. The van der Waals surface area contributed by atoms with Crippen molar-refractivity contribution in [3.63, 3.8) is 0 Å². The van der Waals surface area contributed by atoms with E-state index in [1.54, 1.807) is 0 Å². The van der Waals surface area contributed by atoms with Crippen molar-refractivity contribution in [3.05, 3.63) is 41.9 Å². The second-order valence-electron chi connectivity index (χ2n) is 8.46. The van der Waals surface area contributed by atoms with Gasteiger partial charge in [0.05, 0.1) is 0 Å². The lowest BCUT2D eigenvalue weighted by molar-refractivity contribution is -0.132. The van der Waals surface area contributed by atoms with Gasteiger partial charge in [-0.3, -0.25) is 4.79 Å². The van der Waals surface area contributed by atoms with Crippen molar-refractivity contribution in [1.29, 1.82) is 0 Å². The van der Waals surface area contributed by atoms with Gasteiger partial charge in [0, 0.05) is 57.1 Å². The van der Waals surface area contributed by atoms with Gasteiger partial charge in [-0.15, -0.1) is 0 Å². The van der Waals surface area contributed by atoms with E-state index in [4.69, 9.17) is 4.52 Å². The fourth-order valence-corrected chi connectivity index (χ4v) is 4.26. The SMILES string of the molecule is CN(C)c1nc(CCC2CCN(C(=O)CCCc3c[nH]c4ccccc34)CC2)no1. The standard InChI is InChI=1S/C23H31N5O2/c1-27(2)23-25-21(26-30-23)11-10-17-12-14-28(15-13-17)22(29)9-5-6-18-16-24-20-8-4-3-7-19(18)20/h3-4,7-8,16-17,24H,5-6,9-15H2,1-2H3. The summed E-state index contributed by atoms with van der Waals surface area (Å²) in [7, 11) is 3.79. The van der Waals surface area contributed by atoms with Crippen molar-refractivity contribution < 1.29 is 9.32 Å². The number of fused-ring (bicyclic) bond motifs is 1. The summed E-state index contributed by atoms with van der Waals surface area (Å²) in [5.41, 5.74) is 2.47. The lowest BCUT2D eigenvalue weighted by Gasteiger charge is -2.32. The van der Waals surface area contributed by atoms with Gasteiger partial charge in [0.2, 0.25) is 5.91 Å². The average molecular weight is 410 g/mol. The van der Waals surface area contributed by atoms with E-state index in [9.17, 15) is 4.79 Å². The number of aromatic nitrogens is 3. The van der Waals surface area contributed by atoms with Crippen LogP contribution in [-0.2, 0) is 17.6 Å². The highest BCUT2D eigenvalue weighted by atomic mass is 16.5. The zero-order valence-electron chi connectivity index (χ0n) is 17.9. The van der Waals surface area contributed by atoms with Gasteiger partial charge < -0.3 is 19.3 Å². The minimum atomic E-state index is 0.294. The smallest absolute Gasteiger partial charge is 0.323 e. The molecular weight excluding hydrogens is 378 g/mol. The van der Waals surface area contributed by atoms with Crippen LogP contribution in [0.3, 0.4) is 0 Å². The van der Waals surface area contributed by atoms with Crippen LogP contribution in [0, 0.1) is 5.92 Å². The minimum Gasteiger partial charge on any atom is -0.361 e. The molecule has 1 amide bonds. The molecule has 0 radical (unpaired) electrons. The molecule has 1 aliphatic rings. The second-order valence-corrected chi connectivity index (χ2v) is 8.46. The third-order valence-corrected chi connectivity index (χ3v) is 6.10. The summed E-state index contributed by atoms with van der Waals surface area (Å²) in [4.78, 5) is 24.2. The van der Waals surface area contributed by atoms with E-state index < -0.39 is 0 Å². The highest BCUT2D eigenvalue weighted by molar-refractivity contribution is 5.83. The summed E-state index contributed by atoms with van der Waals surface area (Å²) in [6, 6.07) is 8.89. The van der Waals surface area contributed by atoms with Gasteiger partial charge in [0.15, 0.2) is 5.82 Å². The number of nitrogens with zero attached hydrogens (tertiary/aromatic N) is 4. The van der Waals surface area contributed by atoms with Crippen molar-refractivity contribution in [1.82, 2.24) is 20.0 Å². The molecule has 0 bridgehead atoms. The monoisotopic (exact) mass is 409 g/mol. The summed E-state index contributed by atoms with van der Waals surface area (Å²) in [6.45, 7) is 1.73. The Balaban J connectivity index is 1.17. The molecule has 4 rings (SSSR count). The molecule has 7 heteroatoms. The third kappa shape index (κ3) is 4.83. The van der Waals surface area contributed by atoms with Gasteiger partial charge in [0.1, 0.15) is 0 Å². The third-order valence-electron chi connectivity index (χ3n) is 6.10. The van der Waals surface area contributed by atoms with Crippen molar-refractivity contribution in [3.8, 4) is 0 Å². The number of rotatable bonds is 8. The quantitative estimate of drug-likeness (QED) is 0.612. The number of benzene rings is 1. The number of amides is 1. The number of hydrogen-bond acceptors (Lipinski definition) is 5. The fraction of sp³-hybridized carbons (Fsp3) is 0.522. The molecule has 2 aromatic heterocycles. The molecule has 1 aliphatic heterocycles. The summed E-state index contributed by atoms with van der Waals surface area (Å²) in [6.07, 6.45) is 8.54. The molecule has 160 valence electrons. The van der Waals surface area contributed by atoms with Crippen molar-refractivity contribution in [2.75, 3.05) is 32.1 Å². The van der Waals surface area contributed by atoms with Gasteiger partial charge in [0.25, 0.3) is 0 Å². The molecule has 0 saturated carbocycles. The highest BCUT2D eigenvalue weighted by Gasteiger charge is 2.23. The first-order valence-electron chi connectivity index (χ1n) is 10.9. The highest BCUT2D eigenvalue weighted by Crippen LogP contribution is 2.24. The van der Waals surface area contributed by atoms with Crippen LogP contribution in [0.25, 0.3) is 10.9 Å². The molecule has 1 fully saturated rings. The summed E-state index contributed by atoms with van der Waals surface area (Å²) < 4.78 is 5.21. The van der Waals surface area contributed by atoms with Gasteiger partial charge >= 0.3 is 6.01 Å². The van der Waals surface area contributed by atoms with Gasteiger partial charge in [-0.25, -0.2) is 0 Å². The number of hydrogen-bond donors (Lipinski definition) is 1. The van der Waals surface area contributed by atoms with E-state index in [0.717, 1.165) is 57.4 Å². The lowest BCUT2D eigenvalue weighted by Crippen LogP contribution is -2.38. The first kappa shape index (κ1) is 20.4. The lowest BCUT2D eigenvalue weighted by atomic mass is 9.92. The topological polar surface area (TPSA) is 78.3 Å². The van der Waals surface area contributed by atoms with E-state index in [1.165, 1.54) is 16.5 Å². The number of H-pyrrole nitrogens is 1. The zero-order valence-corrected chi connectivity index (χ0v) is 17.9. The number of aryl methyl sites for hydroxylation is 2. The number of likely N-dealkylation sites (tertiary alicyclic amines) is 1. The Morgan fingerprint density at radius 3 is 2.80 bits per heavy atom. The first-order valence-corrected chi connectivity index (χ1v) is 10.9. The Morgan fingerprint density at radius 1 is 1.23 bits per heavy atom. The molecule has 7 nitrogen and oxygen atoms in total. The summed E-state index contributed by atoms with van der Waals surface area (Å²) in [5.74, 6) is 1.69.